The molecule has 0 bridgehead atoms. The Morgan fingerprint density at radius 1 is 1.17 bits per heavy atom. The van der Waals surface area contributed by atoms with Gasteiger partial charge >= 0.3 is 0 Å². The number of fused-ring (bicyclic) bond motifs is 1. The quantitative estimate of drug-likeness (QED) is 0.806. The Labute approximate surface area is 138 Å². The minimum Gasteiger partial charge on any atom is -0.381 e. The molecule has 1 aromatic heterocycles. The number of rotatable bonds is 6. The summed E-state index contributed by atoms with van der Waals surface area (Å²) in [6.07, 6.45) is 7.13. The average molecular weight is 319 g/mol. The number of likely N-dealkylation sites (N-methyl/N-ethyl adjacent to an activating group) is 1. The highest BCUT2D eigenvalue weighted by molar-refractivity contribution is 5.25. The lowest BCUT2D eigenvalue weighted by Gasteiger charge is -2.32. The third-order valence-corrected chi connectivity index (χ3v) is 5.46. The molecule has 5 heteroatoms. The smallest absolute Gasteiger partial charge is 0.0562 e. The molecule has 128 valence electrons. The van der Waals surface area contributed by atoms with Crippen molar-refractivity contribution in [3.63, 3.8) is 0 Å². The Balaban J connectivity index is 1.45. The molecular weight excluding hydrogens is 290 g/mol. The molecule has 0 aromatic carbocycles. The Morgan fingerprint density at radius 3 is 2.78 bits per heavy atom. The van der Waals surface area contributed by atoms with Gasteiger partial charge in [0, 0.05) is 56.6 Å². The van der Waals surface area contributed by atoms with Crippen molar-refractivity contribution in [2.24, 2.45) is 11.8 Å². The van der Waals surface area contributed by atoms with E-state index in [1.807, 2.05) is 0 Å². The van der Waals surface area contributed by atoms with E-state index in [0.717, 1.165) is 64.8 Å². The summed E-state index contributed by atoms with van der Waals surface area (Å²) in [7, 11) is 2.20. The van der Waals surface area contributed by atoms with Crippen LogP contribution in [0.5, 0.6) is 0 Å². The van der Waals surface area contributed by atoms with Crippen LogP contribution < -0.4 is 0 Å². The van der Waals surface area contributed by atoms with Crippen molar-refractivity contribution in [2.45, 2.75) is 44.7 Å². The van der Waals surface area contributed by atoms with Crippen molar-refractivity contribution in [3.8, 4) is 0 Å². The third-order valence-electron chi connectivity index (χ3n) is 5.46. The SMILES string of the molecule is CN1Cc2cnn(CC3CCOCC3)c2C(COCC2CC2)C1. The van der Waals surface area contributed by atoms with E-state index in [4.69, 9.17) is 14.6 Å². The van der Waals surface area contributed by atoms with Gasteiger partial charge in [0.2, 0.25) is 0 Å². The molecule has 4 rings (SSSR count). The zero-order valence-electron chi connectivity index (χ0n) is 14.2. The van der Waals surface area contributed by atoms with Crippen LogP contribution in [-0.2, 0) is 22.6 Å². The van der Waals surface area contributed by atoms with Crippen molar-refractivity contribution < 1.29 is 9.47 Å². The molecule has 0 amide bonds. The van der Waals surface area contributed by atoms with Crippen LogP contribution in [0, 0.1) is 11.8 Å². The third kappa shape index (κ3) is 3.78. The number of aromatic nitrogens is 2. The van der Waals surface area contributed by atoms with E-state index < -0.39 is 0 Å². The van der Waals surface area contributed by atoms with Crippen LogP contribution in [0.1, 0.15) is 42.9 Å². The molecule has 5 nitrogen and oxygen atoms in total. The van der Waals surface area contributed by atoms with Gasteiger partial charge in [-0.25, -0.2) is 0 Å². The fourth-order valence-electron chi connectivity index (χ4n) is 3.96. The van der Waals surface area contributed by atoms with Crippen molar-refractivity contribution in [1.82, 2.24) is 14.7 Å². The standard InChI is InChI=1S/C18H29N3O2/c1-20-10-16-8-19-21(9-14-4-6-22-7-5-14)18(16)17(11-20)13-23-12-15-2-3-15/h8,14-15,17H,2-7,9-13H2,1H3. The maximum absolute atomic E-state index is 6.03. The zero-order valence-corrected chi connectivity index (χ0v) is 14.2. The Morgan fingerprint density at radius 2 is 2.00 bits per heavy atom. The van der Waals surface area contributed by atoms with Crippen molar-refractivity contribution in [2.75, 3.05) is 40.0 Å². The van der Waals surface area contributed by atoms with E-state index in [1.165, 1.54) is 24.1 Å². The summed E-state index contributed by atoms with van der Waals surface area (Å²) in [5, 5.41) is 4.73. The Kier molecular flexibility index (Phi) is 4.69. The zero-order chi connectivity index (χ0) is 15.6. The van der Waals surface area contributed by atoms with Crippen molar-refractivity contribution in [1.29, 1.82) is 0 Å². The fraction of sp³-hybridized carbons (Fsp3) is 0.833. The fourth-order valence-corrected chi connectivity index (χ4v) is 3.96. The molecule has 0 spiro atoms. The second-order valence-electron chi connectivity index (χ2n) is 7.67. The van der Waals surface area contributed by atoms with Gasteiger partial charge in [-0.1, -0.05) is 0 Å². The molecule has 1 aromatic rings. The van der Waals surface area contributed by atoms with Gasteiger partial charge in [0.25, 0.3) is 0 Å². The molecule has 3 heterocycles. The van der Waals surface area contributed by atoms with E-state index in [-0.39, 0.29) is 0 Å². The van der Waals surface area contributed by atoms with Crippen LogP contribution in [0.25, 0.3) is 0 Å². The first-order valence-corrected chi connectivity index (χ1v) is 9.18. The highest BCUT2D eigenvalue weighted by Crippen LogP contribution is 2.32. The first-order valence-electron chi connectivity index (χ1n) is 9.18. The molecule has 0 N–H and O–H groups in total. The average Bonchev–Trinajstić information content (AvgIpc) is 3.29. The Bertz CT molecular complexity index is 520. The molecular formula is C18H29N3O2. The molecule has 1 unspecified atom stereocenters. The summed E-state index contributed by atoms with van der Waals surface area (Å²) < 4.78 is 13.8. The summed E-state index contributed by atoms with van der Waals surface area (Å²) in [5.74, 6) is 2.01. The van der Waals surface area contributed by atoms with Crippen LogP contribution in [-0.4, -0.2) is 54.7 Å². The first-order chi connectivity index (χ1) is 11.3. The van der Waals surface area contributed by atoms with Gasteiger partial charge in [-0.05, 0) is 44.6 Å². The van der Waals surface area contributed by atoms with E-state index in [0.29, 0.717) is 11.8 Å². The maximum Gasteiger partial charge on any atom is 0.0562 e. The van der Waals surface area contributed by atoms with E-state index >= 15 is 0 Å². The second-order valence-corrected chi connectivity index (χ2v) is 7.67. The predicted molar refractivity (Wildman–Crippen MR) is 88.4 cm³/mol. The highest BCUT2D eigenvalue weighted by atomic mass is 16.5. The van der Waals surface area contributed by atoms with E-state index in [2.05, 4.69) is 22.8 Å². The lowest BCUT2D eigenvalue weighted by Crippen LogP contribution is -2.34. The van der Waals surface area contributed by atoms with Gasteiger partial charge in [-0.2, -0.15) is 5.10 Å². The summed E-state index contributed by atoms with van der Waals surface area (Å²) in [6.45, 7) is 6.74. The molecule has 3 aliphatic rings. The first kappa shape index (κ1) is 15.6. The molecule has 1 aliphatic carbocycles. The monoisotopic (exact) mass is 319 g/mol. The number of hydrogen-bond donors (Lipinski definition) is 0. The van der Waals surface area contributed by atoms with Crippen LogP contribution >= 0.6 is 0 Å². The van der Waals surface area contributed by atoms with Crippen LogP contribution in [0.15, 0.2) is 6.20 Å². The lowest BCUT2D eigenvalue weighted by atomic mass is 9.96. The Hall–Kier alpha value is -0.910. The molecule has 1 saturated carbocycles. The predicted octanol–water partition coefficient (Wildman–Crippen LogP) is 2.27. The summed E-state index contributed by atoms with van der Waals surface area (Å²) >= 11 is 0. The highest BCUT2D eigenvalue weighted by Gasteiger charge is 2.30. The second kappa shape index (κ2) is 6.91. The summed E-state index contributed by atoms with van der Waals surface area (Å²) in [4.78, 5) is 2.40. The molecule has 2 fully saturated rings. The summed E-state index contributed by atoms with van der Waals surface area (Å²) in [6, 6.07) is 0. The number of hydrogen-bond acceptors (Lipinski definition) is 4. The van der Waals surface area contributed by atoms with Gasteiger partial charge in [-0.3, -0.25) is 4.68 Å². The number of ether oxygens (including phenoxy) is 2. The summed E-state index contributed by atoms with van der Waals surface area (Å²) in [5.41, 5.74) is 2.83. The lowest BCUT2D eigenvalue weighted by molar-refractivity contribution is 0.0585. The van der Waals surface area contributed by atoms with Gasteiger partial charge in [-0.15, -0.1) is 0 Å². The topological polar surface area (TPSA) is 39.5 Å². The van der Waals surface area contributed by atoms with Crippen LogP contribution in [0.2, 0.25) is 0 Å². The van der Waals surface area contributed by atoms with Gasteiger partial charge in [0.05, 0.1) is 12.8 Å². The molecule has 1 atom stereocenters. The molecule has 0 radical (unpaired) electrons. The van der Waals surface area contributed by atoms with E-state index in [9.17, 15) is 0 Å². The number of nitrogens with zero attached hydrogens (tertiary/aromatic N) is 3. The maximum atomic E-state index is 6.03. The van der Waals surface area contributed by atoms with Gasteiger partial charge in [0.1, 0.15) is 0 Å². The molecule has 23 heavy (non-hydrogen) atoms. The normalized spacial score (nSPS) is 26.4. The van der Waals surface area contributed by atoms with Crippen molar-refractivity contribution >= 4 is 0 Å². The van der Waals surface area contributed by atoms with Crippen molar-refractivity contribution in [3.05, 3.63) is 17.5 Å². The van der Waals surface area contributed by atoms with Gasteiger partial charge in [0.15, 0.2) is 0 Å². The van der Waals surface area contributed by atoms with Crippen LogP contribution in [0.3, 0.4) is 0 Å². The van der Waals surface area contributed by atoms with Crippen LogP contribution in [0.4, 0.5) is 0 Å². The van der Waals surface area contributed by atoms with E-state index in [1.54, 1.807) is 0 Å². The molecule has 2 aliphatic heterocycles. The minimum absolute atomic E-state index is 0.463. The molecule has 1 saturated heterocycles. The minimum atomic E-state index is 0.463. The van der Waals surface area contributed by atoms with Gasteiger partial charge < -0.3 is 14.4 Å². The largest absolute Gasteiger partial charge is 0.381 e.